The third-order valence-electron chi connectivity index (χ3n) is 3.68. The van der Waals surface area contributed by atoms with E-state index in [2.05, 4.69) is 15.5 Å². The minimum absolute atomic E-state index is 0.148. The molecule has 1 aromatic heterocycles. The highest BCUT2D eigenvalue weighted by Crippen LogP contribution is 2.38. The van der Waals surface area contributed by atoms with Crippen LogP contribution in [-0.4, -0.2) is 26.5 Å². The van der Waals surface area contributed by atoms with Gasteiger partial charge < -0.3 is 11.2 Å². The van der Waals surface area contributed by atoms with Crippen LogP contribution in [0.5, 0.6) is 0 Å². The first-order valence-electron chi connectivity index (χ1n) is 7.91. The number of carbonyl (C=O) groups is 1. The first-order valence-corrected chi connectivity index (χ1v) is 9.28. The summed E-state index contributed by atoms with van der Waals surface area (Å²) >= 11 is 6.68. The van der Waals surface area contributed by atoms with Gasteiger partial charge in [-0.05, 0) is 36.4 Å². The van der Waals surface area contributed by atoms with E-state index in [9.17, 15) is 22.4 Å². The summed E-state index contributed by atoms with van der Waals surface area (Å²) in [6.45, 7) is 0. The molecule has 2 aromatic carbocycles. The number of anilines is 1. The van der Waals surface area contributed by atoms with Crippen molar-refractivity contribution in [3.63, 3.8) is 0 Å². The van der Waals surface area contributed by atoms with Crippen molar-refractivity contribution < 1.29 is 22.4 Å². The molecule has 0 bridgehead atoms. The van der Waals surface area contributed by atoms with Crippen molar-refractivity contribution in [3.05, 3.63) is 58.9 Å². The predicted octanol–water partition coefficient (Wildman–Crippen LogP) is 4.20. The SMILES string of the molecule is Nn1c(SCC(=O)Nc2c(Cl)cccc2C(F)(F)F)nnc1-c1ccc(F)cc1. The van der Waals surface area contributed by atoms with E-state index in [4.69, 9.17) is 17.4 Å². The topological polar surface area (TPSA) is 85.8 Å². The summed E-state index contributed by atoms with van der Waals surface area (Å²) in [7, 11) is 0. The number of carbonyl (C=O) groups excluding carboxylic acids is 1. The summed E-state index contributed by atoms with van der Waals surface area (Å²) in [5, 5.41) is 9.80. The Morgan fingerprint density at radius 3 is 2.52 bits per heavy atom. The molecule has 0 aliphatic carbocycles. The van der Waals surface area contributed by atoms with Gasteiger partial charge in [-0.2, -0.15) is 13.2 Å². The molecular formula is C17H12ClF4N5OS. The molecule has 1 amide bonds. The van der Waals surface area contributed by atoms with Gasteiger partial charge in [0.2, 0.25) is 11.1 Å². The minimum atomic E-state index is -4.68. The first-order chi connectivity index (χ1) is 13.7. The Kier molecular flexibility index (Phi) is 5.99. The van der Waals surface area contributed by atoms with Crippen LogP contribution in [0.2, 0.25) is 5.02 Å². The van der Waals surface area contributed by atoms with E-state index in [0.29, 0.717) is 5.56 Å². The average molecular weight is 446 g/mol. The van der Waals surface area contributed by atoms with E-state index in [-0.39, 0.29) is 21.8 Å². The fourth-order valence-electron chi connectivity index (χ4n) is 2.36. The number of rotatable bonds is 5. The van der Waals surface area contributed by atoms with Crippen LogP contribution in [-0.2, 0) is 11.0 Å². The summed E-state index contributed by atoms with van der Waals surface area (Å²) in [6.07, 6.45) is -4.68. The number of nitrogens with two attached hydrogens (primary N) is 1. The molecule has 0 aliphatic heterocycles. The van der Waals surface area contributed by atoms with E-state index in [1.165, 1.54) is 30.3 Å². The molecule has 6 nitrogen and oxygen atoms in total. The zero-order valence-electron chi connectivity index (χ0n) is 14.4. The molecule has 0 fully saturated rings. The van der Waals surface area contributed by atoms with Gasteiger partial charge in [0, 0.05) is 5.56 Å². The lowest BCUT2D eigenvalue weighted by Gasteiger charge is -2.15. The van der Waals surface area contributed by atoms with E-state index in [1.807, 2.05) is 0 Å². The number of para-hydroxylation sites is 1. The minimum Gasteiger partial charge on any atom is -0.335 e. The molecule has 0 unspecified atom stereocenters. The van der Waals surface area contributed by atoms with Crippen LogP contribution in [0.3, 0.4) is 0 Å². The van der Waals surface area contributed by atoms with Gasteiger partial charge in [0.05, 0.1) is 22.0 Å². The van der Waals surface area contributed by atoms with Gasteiger partial charge in [-0.15, -0.1) is 10.2 Å². The van der Waals surface area contributed by atoms with Gasteiger partial charge in [-0.3, -0.25) is 4.79 Å². The van der Waals surface area contributed by atoms with Gasteiger partial charge in [-0.25, -0.2) is 9.07 Å². The van der Waals surface area contributed by atoms with E-state index in [1.54, 1.807) is 0 Å². The fourth-order valence-corrected chi connectivity index (χ4v) is 3.24. The summed E-state index contributed by atoms with van der Waals surface area (Å²) in [5.41, 5.74) is -1.07. The lowest BCUT2D eigenvalue weighted by atomic mass is 10.1. The zero-order chi connectivity index (χ0) is 21.2. The molecule has 1 heterocycles. The number of benzene rings is 2. The lowest BCUT2D eigenvalue weighted by Crippen LogP contribution is -2.19. The maximum atomic E-state index is 13.1. The van der Waals surface area contributed by atoms with Gasteiger partial charge in [-0.1, -0.05) is 29.4 Å². The van der Waals surface area contributed by atoms with Crippen molar-refractivity contribution in [1.82, 2.24) is 14.9 Å². The molecule has 0 saturated carbocycles. The second-order valence-corrected chi connectivity index (χ2v) is 7.03. The second-order valence-electron chi connectivity index (χ2n) is 5.68. The normalized spacial score (nSPS) is 11.5. The molecule has 3 rings (SSSR count). The largest absolute Gasteiger partial charge is 0.418 e. The van der Waals surface area contributed by atoms with Crippen LogP contribution >= 0.6 is 23.4 Å². The summed E-state index contributed by atoms with van der Waals surface area (Å²) < 4.78 is 53.4. The van der Waals surface area contributed by atoms with Crippen molar-refractivity contribution in [3.8, 4) is 11.4 Å². The molecule has 3 aromatic rings. The Labute approximate surface area is 171 Å². The van der Waals surface area contributed by atoms with Crippen molar-refractivity contribution in [2.24, 2.45) is 0 Å². The highest BCUT2D eigenvalue weighted by Gasteiger charge is 2.34. The predicted molar refractivity (Wildman–Crippen MR) is 101 cm³/mol. The number of halogens is 5. The quantitative estimate of drug-likeness (QED) is 0.349. The monoisotopic (exact) mass is 445 g/mol. The Morgan fingerprint density at radius 2 is 1.86 bits per heavy atom. The average Bonchev–Trinajstić information content (AvgIpc) is 3.02. The highest BCUT2D eigenvalue weighted by atomic mass is 35.5. The number of alkyl halides is 3. The van der Waals surface area contributed by atoms with Crippen molar-refractivity contribution >= 4 is 35.0 Å². The Hall–Kier alpha value is -2.79. The van der Waals surface area contributed by atoms with E-state index in [0.717, 1.165) is 28.6 Å². The molecule has 0 radical (unpaired) electrons. The van der Waals surface area contributed by atoms with Crippen molar-refractivity contribution in [2.45, 2.75) is 11.3 Å². The van der Waals surface area contributed by atoms with Crippen LogP contribution in [0, 0.1) is 5.82 Å². The standard InChI is InChI=1S/C17H12ClF4N5OS/c18-12-3-1-2-11(17(20,21)22)14(12)24-13(28)8-29-16-26-25-15(27(16)23)9-4-6-10(19)7-5-9/h1-7H,8,23H2,(H,24,28). The molecular weight excluding hydrogens is 434 g/mol. The number of hydrogen-bond acceptors (Lipinski definition) is 5. The van der Waals surface area contributed by atoms with Crippen molar-refractivity contribution in [1.29, 1.82) is 0 Å². The Balaban J connectivity index is 1.71. The Bertz CT molecular complexity index is 1040. The molecule has 3 N–H and O–H groups in total. The fraction of sp³-hybridized carbons (Fsp3) is 0.118. The third kappa shape index (κ3) is 4.80. The maximum absolute atomic E-state index is 13.1. The number of nitrogen functional groups attached to an aromatic ring is 1. The number of amides is 1. The van der Waals surface area contributed by atoms with Crippen LogP contribution in [0.15, 0.2) is 47.6 Å². The first kappa shape index (κ1) is 20.9. The number of hydrogen-bond donors (Lipinski definition) is 2. The molecule has 29 heavy (non-hydrogen) atoms. The number of nitrogens with zero attached hydrogens (tertiary/aromatic N) is 3. The van der Waals surface area contributed by atoms with Gasteiger partial charge >= 0.3 is 6.18 Å². The summed E-state index contributed by atoms with van der Waals surface area (Å²) in [6, 6.07) is 8.58. The van der Waals surface area contributed by atoms with Crippen molar-refractivity contribution in [2.75, 3.05) is 16.9 Å². The third-order valence-corrected chi connectivity index (χ3v) is 4.94. The van der Waals surface area contributed by atoms with Gasteiger partial charge in [0.25, 0.3) is 0 Å². The lowest BCUT2D eigenvalue weighted by molar-refractivity contribution is -0.137. The smallest absolute Gasteiger partial charge is 0.335 e. The van der Waals surface area contributed by atoms with Crippen LogP contribution in [0.4, 0.5) is 23.2 Å². The van der Waals surface area contributed by atoms with Gasteiger partial charge in [0.15, 0.2) is 5.82 Å². The Morgan fingerprint density at radius 1 is 1.17 bits per heavy atom. The number of thioether (sulfide) groups is 1. The van der Waals surface area contributed by atoms with Crippen LogP contribution in [0.25, 0.3) is 11.4 Å². The summed E-state index contributed by atoms with van der Waals surface area (Å²) in [4.78, 5) is 12.1. The molecule has 0 spiro atoms. The van der Waals surface area contributed by atoms with Gasteiger partial charge in [0.1, 0.15) is 5.82 Å². The molecule has 0 atom stereocenters. The molecule has 12 heteroatoms. The molecule has 0 aliphatic rings. The van der Waals surface area contributed by atoms with E-state index >= 15 is 0 Å². The highest BCUT2D eigenvalue weighted by molar-refractivity contribution is 7.99. The van der Waals surface area contributed by atoms with Crippen LogP contribution in [0.1, 0.15) is 5.56 Å². The zero-order valence-corrected chi connectivity index (χ0v) is 15.9. The van der Waals surface area contributed by atoms with E-state index < -0.39 is 29.2 Å². The second kappa shape index (κ2) is 8.29. The number of aromatic nitrogens is 3. The maximum Gasteiger partial charge on any atom is 0.418 e. The molecule has 152 valence electrons. The van der Waals surface area contributed by atoms with Crippen LogP contribution < -0.4 is 11.2 Å². The molecule has 0 saturated heterocycles. The number of nitrogens with one attached hydrogen (secondary N) is 1. The summed E-state index contributed by atoms with van der Waals surface area (Å²) in [5.74, 6) is 4.67.